The van der Waals surface area contributed by atoms with Crippen LogP contribution in [0.5, 0.6) is 5.75 Å². The number of nitrogens with zero attached hydrogens (tertiary/aromatic N) is 5. The summed E-state index contributed by atoms with van der Waals surface area (Å²) in [5.74, 6) is 1.20. The van der Waals surface area contributed by atoms with E-state index in [1.165, 1.54) is 6.42 Å². The van der Waals surface area contributed by atoms with Crippen molar-refractivity contribution in [2.75, 3.05) is 11.4 Å². The third-order valence-corrected chi connectivity index (χ3v) is 11.2. The van der Waals surface area contributed by atoms with Crippen LogP contribution in [0.1, 0.15) is 96.6 Å². The highest BCUT2D eigenvalue weighted by Gasteiger charge is 2.61. The van der Waals surface area contributed by atoms with E-state index in [1.807, 2.05) is 0 Å². The van der Waals surface area contributed by atoms with E-state index in [1.54, 1.807) is 15.8 Å². The van der Waals surface area contributed by atoms with E-state index >= 15 is 0 Å². The Morgan fingerprint density at radius 2 is 1.73 bits per heavy atom. The van der Waals surface area contributed by atoms with Crippen molar-refractivity contribution in [2.24, 2.45) is 11.8 Å². The highest BCUT2D eigenvalue weighted by Crippen LogP contribution is 2.63. The molecule has 12 heteroatoms. The molecule has 8 nitrogen and oxygen atoms in total. The van der Waals surface area contributed by atoms with Crippen molar-refractivity contribution in [3.63, 3.8) is 0 Å². The number of piperidine rings is 1. The molecule has 3 aliphatic carbocycles. The van der Waals surface area contributed by atoms with Gasteiger partial charge in [-0.1, -0.05) is 11.6 Å². The molecule has 5 heterocycles. The first kappa shape index (κ1) is 27.2. The Morgan fingerprint density at radius 1 is 1.00 bits per heavy atom. The predicted octanol–water partition coefficient (Wildman–Crippen LogP) is 5.57. The molecule has 2 bridgehead atoms. The summed E-state index contributed by atoms with van der Waals surface area (Å²) in [6.45, 7) is 0.309. The summed E-state index contributed by atoms with van der Waals surface area (Å²) in [6.07, 6.45) is 4.54. The van der Waals surface area contributed by atoms with Gasteiger partial charge in [-0.3, -0.25) is 4.57 Å². The molecule has 4 unspecified atom stereocenters. The van der Waals surface area contributed by atoms with Gasteiger partial charge in [-0.15, -0.1) is 0 Å². The molecule has 0 radical (unpaired) electrons. The molecule has 3 aromatic rings. The number of alkyl halides is 3. The molecular weight excluding hydrogens is 593 g/mol. The van der Waals surface area contributed by atoms with Crippen molar-refractivity contribution in [3.8, 4) is 11.4 Å². The molecule has 9 rings (SSSR count). The lowest BCUT2D eigenvalue weighted by molar-refractivity contribution is -0.137. The second-order valence-electron chi connectivity index (χ2n) is 13.6. The molecule has 2 saturated heterocycles. The number of phenols is 1. The monoisotopic (exact) mass is 624 g/mol. The third kappa shape index (κ3) is 4.21. The second-order valence-corrected chi connectivity index (χ2v) is 14.0. The van der Waals surface area contributed by atoms with Gasteiger partial charge in [0.15, 0.2) is 0 Å². The molecule has 5 atom stereocenters. The van der Waals surface area contributed by atoms with E-state index < -0.39 is 22.5 Å². The topological polar surface area (TPSA) is 96.2 Å². The molecule has 6 aliphatic rings. The average Bonchev–Trinajstić information content (AvgIpc) is 3.86. The number of hydrogen-bond donors (Lipinski definition) is 2. The van der Waals surface area contributed by atoms with Crippen LogP contribution in [0.15, 0.2) is 23.3 Å². The van der Waals surface area contributed by atoms with Crippen LogP contribution >= 0.6 is 11.6 Å². The fourth-order valence-corrected chi connectivity index (χ4v) is 8.95. The van der Waals surface area contributed by atoms with E-state index in [-0.39, 0.29) is 42.3 Å². The van der Waals surface area contributed by atoms with Gasteiger partial charge in [-0.2, -0.15) is 18.2 Å². The van der Waals surface area contributed by atoms with Gasteiger partial charge in [0.05, 0.1) is 51.3 Å². The predicted molar refractivity (Wildman–Crippen MR) is 157 cm³/mol. The van der Waals surface area contributed by atoms with Gasteiger partial charge in [-0.25, -0.2) is 14.8 Å². The smallest absolute Gasteiger partial charge is 0.419 e. The summed E-state index contributed by atoms with van der Waals surface area (Å²) in [4.78, 5) is 30.0. The summed E-state index contributed by atoms with van der Waals surface area (Å²) in [6, 6.07) is 2.99. The summed E-state index contributed by atoms with van der Waals surface area (Å²) in [5.41, 5.74) is 3.19. The molecule has 2 N–H and O–H groups in total. The van der Waals surface area contributed by atoms with Gasteiger partial charge in [-0.05, 0) is 74.8 Å². The number of benzene rings is 1. The van der Waals surface area contributed by atoms with Gasteiger partial charge >= 0.3 is 11.9 Å². The Labute approximate surface area is 256 Å². The third-order valence-electron chi connectivity index (χ3n) is 10.9. The van der Waals surface area contributed by atoms with Crippen molar-refractivity contribution in [1.82, 2.24) is 24.8 Å². The Kier molecular flexibility index (Phi) is 5.81. The van der Waals surface area contributed by atoms with Gasteiger partial charge in [0.25, 0.3) is 0 Å². The summed E-state index contributed by atoms with van der Waals surface area (Å²) in [5, 5.41) is 13.5. The van der Waals surface area contributed by atoms with Crippen molar-refractivity contribution >= 4 is 17.3 Å². The van der Waals surface area contributed by atoms with Gasteiger partial charge in [0, 0.05) is 42.4 Å². The molecular formula is C32H32ClF3N6O2. The molecule has 2 aromatic heterocycles. The largest absolute Gasteiger partial charge is 0.508 e. The second kappa shape index (κ2) is 9.42. The average molecular weight is 625 g/mol. The first-order valence-corrected chi connectivity index (χ1v) is 16.2. The van der Waals surface area contributed by atoms with E-state index in [4.69, 9.17) is 16.6 Å². The molecule has 0 amide bonds. The Hall–Kier alpha value is -3.18. The maximum absolute atomic E-state index is 14.3. The quantitative estimate of drug-likeness (QED) is 0.383. The number of hydrogen-bond acceptors (Lipinski definition) is 7. The highest BCUT2D eigenvalue weighted by molar-refractivity contribution is 6.32. The zero-order valence-corrected chi connectivity index (χ0v) is 24.7. The number of anilines is 1. The lowest BCUT2D eigenvalue weighted by atomic mass is 9.95. The summed E-state index contributed by atoms with van der Waals surface area (Å²) < 4.78 is 44.7. The highest BCUT2D eigenvalue weighted by atomic mass is 35.5. The fourth-order valence-electron chi connectivity index (χ4n) is 8.64. The minimum absolute atomic E-state index is 0.0401. The minimum Gasteiger partial charge on any atom is -0.508 e. The van der Waals surface area contributed by atoms with E-state index in [0.29, 0.717) is 41.7 Å². The van der Waals surface area contributed by atoms with Crippen molar-refractivity contribution in [1.29, 1.82) is 0 Å². The maximum atomic E-state index is 14.3. The zero-order valence-electron chi connectivity index (χ0n) is 23.9. The summed E-state index contributed by atoms with van der Waals surface area (Å²) in [7, 11) is 0. The van der Waals surface area contributed by atoms with E-state index in [2.05, 4.69) is 15.3 Å². The normalized spacial score (nSPS) is 29.0. The summed E-state index contributed by atoms with van der Waals surface area (Å²) >= 11 is 6.10. The first-order chi connectivity index (χ1) is 21.2. The van der Waals surface area contributed by atoms with Gasteiger partial charge in [0.1, 0.15) is 12.1 Å². The molecule has 5 fully saturated rings. The molecule has 3 saturated carbocycles. The molecule has 0 spiro atoms. The maximum Gasteiger partial charge on any atom is 0.419 e. The number of fused-ring (bicyclic) bond motifs is 5. The molecule has 230 valence electrons. The molecule has 44 heavy (non-hydrogen) atoms. The lowest BCUT2D eigenvalue weighted by Crippen LogP contribution is -2.39. The van der Waals surface area contributed by atoms with Gasteiger partial charge in [0.2, 0.25) is 0 Å². The van der Waals surface area contributed by atoms with Crippen LogP contribution in [0.3, 0.4) is 0 Å². The van der Waals surface area contributed by atoms with Crippen LogP contribution in [0.4, 0.5) is 18.9 Å². The molecule has 3 aliphatic heterocycles. The van der Waals surface area contributed by atoms with Crippen LogP contribution < -0.4 is 15.9 Å². The number of phenolic OH excluding ortho intramolecular Hbond substituents is 1. The minimum atomic E-state index is -4.73. The van der Waals surface area contributed by atoms with E-state index in [0.717, 1.165) is 73.3 Å². The van der Waals surface area contributed by atoms with Crippen LogP contribution in [-0.2, 0) is 19.1 Å². The standard InChI is InChI=1S/C32H32ClF3N6O2/c33-20-10-17(43)11-22(26(20)32(34,35)36)41-8-7-18-23(12-41)42(30-27(14-1-2-14)37-13-38-28(30)15-3-4-15)31(44)40-29(18)25-19-9-16-5-6-21(39-16)24(19)25/h10-11,13-16,19,21,24-25,39,43H,1-9,12H2/t16?,19-,21?,24?,25?/m0/s1. The van der Waals surface area contributed by atoms with Crippen molar-refractivity contribution in [2.45, 2.75) is 93.9 Å². The Bertz CT molecular complexity index is 1740. The lowest BCUT2D eigenvalue weighted by Gasteiger charge is -2.35. The van der Waals surface area contributed by atoms with Crippen LogP contribution in [0, 0.1) is 11.8 Å². The van der Waals surface area contributed by atoms with Crippen LogP contribution in [0.25, 0.3) is 5.69 Å². The Balaban J connectivity index is 1.23. The van der Waals surface area contributed by atoms with Gasteiger partial charge < -0.3 is 15.3 Å². The number of nitrogens with one attached hydrogen (secondary N) is 1. The number of rotatable bonds is 5. The zero-order chi connectivity index (χ0) is 30.1. The van der Waals surface area contributed by atoms with Crippen molar-refractivity contribution < 1.29 is 18.3 Å². The van der Waals surface area contributed by atoms with Crippen molar-refractivity contribution in [3.05, 3.63) is 67.9 Å². The number of aromatic hydroxyl groups is 1. The fraction of sp³-hybridized carbons (Fsp3) is 0.562. The van der Waals surface area contributed by atoms with Crippen LogP contribution in [-0.4, -0.2) is 43.3 Å². The SMILES string of the molecule is O=c1nc(C2C3C4CCC(C[C@H]23)N4)c2c(n1-c1c(C3CC3)ncnc1C1CC1)CN(c1cc(O)cc(Cl)c1C(F)(F)F)CC2. The first-order valence-electron chi connectivity index (χ1n) is 15.8. The van der Waals surface area contributed by atoms with E-state index in [9.17, 15) is 23.1 Å². The Morgan fingerprint density at radius 3 is 2.41 bits per heavy atom. The molecule has 1 aromatic carbocycles. The number of aromatic nitrogens is 4. The number of halogens is 4. The van der Waals surface area contributed by atoms with Crippen LogP contribution in [0.2, 0.25) is 5.02 Å².